The fourth-order valence-corrected chi connectivity index (χ4v) is 2.16. The molecule has 1 unspecified atom stereocenters. The maximum Gasteiger partial charge on any atom is 0.246 e. The van der Waals surface area contributed by atoms with Gasteiger partial charge in [0, 0.05) is 6.21 Å². The van der Waals surface area contributed by atoms with Crippen molar-refractivity contribution in [2.24, 2.45) is 10.7 Å². The zero-order chi connectivity index (χ0) is 16.7. The fourth-order valence-electron chi connectivity index (χ4n) is 2.16. The number of hydrogen-bond donors (Lipinski definition) is 1. The van der Waals surface area contributed by atoms with E-state index in [1.807, 2.05) is 49.4 Å². The number of nitrogens with two attached hydrogens (primary N) is 1. The van der Waals surface area contributed by atoms with Crippen LogP contribution in [0.4, 0.5) is 0 Å². The van der Waals surface area contributed by atoms with E-state index in [1.54, 1.807) is 19.4 Å². The third kappa shape index (κ3) is 4.32. The van der Waals surface area contributed by atoms with Gasteiger partial charge in [-0.1, -0.05) is 30.3 Å². The molecule has 0 saturated heterocycles. The van der Waals surface area contributed by atoms with Crippen LogP contribution in [0.2, 0.25) is 0 Å². The maximum atomic E-state index is 11.7. The Balaban J connectivity index is 2.27. The van der Waals surface area contributed by atoms with Crippen LogP contribution in [0.1, 0.15) is 24.1 Å². The summed E-state index contributed by atoms with van der Waals surface area (Å²) in [5.41, 5.74) is 7.02. The predicted octanol–water partition coefficient (Wildman–Crippen LogP) is 2.74. The lowest BCUT2D eigenvalue weighted by Crippen LogP contribution is -2.20. The molecule has 2 rings (SSSR count). The second kappa shape index (κ2) is 7.98. The molecule has 0 aliphatic heterocycles. The minimum absolute atomic E-state index is 0.494. The van der Waals surface area contributed by atoms with Gasteiger partial charge in [0.2, 0.25) is 5.91 Å². The lowest BCUT2D eigenvalue weighted by molar-refractivity contribution is -0.119. The first kappa shape index (κ1) is 16.5. The van der Waals surface area contributed by atoms with Crippen LogP contribution in [0.5, 0.6) is 11.5 Å². The highest BCUT2D eigenvalue weighted by atomic mass is 16.5. The van der Waals surface area contributed by atoms with Gasteiger partial charge in [0.05, 0.1) is 13.7 Å². The van der Waals surface area contributed by atoms with Crippen molar-refractivity contribution < 1.29 is 14.3 Å². The molecule has 2 aromatic carbocycles. The van der Waals surface area contributed by atoms with Crippen LogP contribution >= 0.6 is 0 Å². The van der Waals surface area contributed by atoms with Gasteiger partial charge in [-0.2, -0.15) is 0 Å². The van der Waals surface area contributed by atoms with Crippen molar-refractivity contribution in [2.75, 3.05) is 13.7 Å². The third-order valence-corrected chi connectivity index (χ3v) is 3.25. The maximum absolute atomic E-state index is 11.7. The Kier molecular flexibility index (Phi) is 5.74. The van der Waals surface area contributed by atoms with Crippen molar-refractivity contribution in [1.82, 2.24) is 0 Å². The van der Waals surface area contributed by atoms with Crippen LogP contribution < -0.4 is 15.2 Å². The largest absolute Gasteiger partial charge is 0.493 e. The van der Waals surface area contributed by atoms with E-state index in [0.29, 0.717) is 18.1 Å². The number of ether oxygens (including phenoxy) is 2. The Bertz CT molecular complexity index is 684. The number of hydrogen-bond acceptors (Lipinski definition) is 4. The van der Waals surface area contributed by atoms with Gasteiger partial charge in [-0.3, -0.25) is 9.79 Å². The van der Waals surface area contributed by atoms with Gasteiger partial charge in [-0.05, 0) is 36.2 Å². The van der Waals surface area contributed by atoms with Gasteiger partial charge in [-0.15, -0.1) is 0 Å². The molecule has 1 atom stereocenters. The van der Waals surface area contributed by atoms with E-state index in [1.165, 1.54) is 0 Å². The molecule has 2 N–H and O–H groups in total. The van der Waals surface area contributed by atoms with E-state index in [4.69, 9.17) is 15.2 Å². The average molecular weight is 312 g/mol. The van der Waals surface area contributed by atoms with E-state index in [0.717, 1.165) is 11.1 Å². The number of carbonyl (C=O) groups excluding carboxylic acids is 1. The molecule has 5 heteroatoms. The molecule has 0 aliphatic carbocycles. The van der Waals surface area contributed by atoms with Gasteiger partial charge in [0.15, 0.2) is 17.5 Å². The molecule has 120 valence electrons. The lowest BCUT2D eigenvalue weighted by atomic mass is 10.1. The number of rotatable bonds is 7. The van der Waals surface area contributed by atoms with Crippen LogP contribution in [0.15, 0.2) is 53.5 Å². The molecule has 0 aromatic heterocycles. The molecule has 0 heterocycles. The number of primary amides is 1. The minimum atomic E-state index is -0.714. The summed E-state index contributed by atoms with van der Waals surface area (Å²) in [5.74, 6) is 0.791. The highest BCUT2D eigenvalue weighted by Gasteiger charge is 2.15. The summed E-state index contributed by atoms with van der Waals surface area (Å²) < 4.78 is 10.8. The second-order valence-electron chi connectivity index (χ2n) is 4.84. The first-order chi connectivity index (χ1) is 11.2. The van der Waals surface area contributed by atoms with Crippen LogP contribution in [0.3, 0.4) is 0 Å². The normalized spacial score (nSPS) is 12.1. The fraction of sp³-hybridized carbons (Fsp3) is 0.222. The van der Waals surface area contributed by atoms with Gasteiger partial charge in [0.1, 0.15) is 0 Å². The molecule has 23 heavy (non-hydrogen) atoms. The summed E-state index contributed by atoms with van der Waals surface area (Å²) in [6.07, 6.45) is 1.62. The van der Waals surface area contributed by atoms with Crippen molar-refractivity contribution in [3.63, 3.8) is 0 Å². The van der Waals surface area contributed by atoms with E-state index < -0.39 is 11.9 Å². The average Bonchev–Trinajstić information content (AvgIpc) is 2.56. The molecule has 0 aliphatic rings. The van der Waals surface area contributed by atoms with Crippen molar-refractivity contribution in [3.8, 4) is 11.5 Å². The predicted molar refractivity (Wildman–Crippen MR) is 90.1 cm³/mol. The molecular weight excluding hydrogens is 292 g/mol. The third-order valence-electron chi connectivity index (χ3n) is 3.25. The summed E-state index contributed by atoms with van der Waals surface area (Å²) >= 11 is 0. The molecule has 0 bridgehead atoms. The lowest BCUT2D eigenvalue weighted by Gasteiger charge is -2.10. The van der Waals surface area contributed by atoms with Gasteiger partial charge in [-0.25, -0.2) is 0 Å². The minimum Gasteiger partial charge on any atom is -0.493 e. The van der Waals surface area contributed by atoms with Crippen molar-refractivity contribution in [2.45, 2.75) is 13.0 Å². The number of aliphatic imine (C=N–C) groups is 1. The van der Waals surface area contributed by atoms with E-state index in [9.17, 15) is 4.79 Å². The Morgan fingerprint density at radius 2 is 1.96 bits per heavy atom. The van der Waals surface area contributed by atoms with E-state index >= 15 is 0 Å². The first-order valence-electron chi connectivity index (χ1n) is 7.34. The summed E-state index contributed by atoms with van der Waals surface area (Å²) in [5, 5.41) is 0. The molecule has 2 aromatic rings. The molecular formula is C18H20N2O3. The van der Waals surface area contributed by atoms with E-state index in [-0.39, 0.29) is 0 Å². The van der Waals surface area contributed by atoms with Crippen molar-refractivity contribution >= 4 is 12.1 Å². The molecule has 1 amide bonds. The van der Waals surface area contributed by atoms with Crippen LogP contribution in [0, 0.1) is 0 Å². The molecule has 0 spiro atoms. The highest BCUT2D eigenvalue weighted by molar-refractivity contribution is 5.87. The summed E-state index contributed by atoms with van der Waals surface area (Å²) in [6.45, 7) is 2.43. The topological polar surface area (TPSA) is 73.9 Å². The number of carbonyl (C=O) groups is 1. The van der Waals surface area contributed by atoms with Gasteiger partial charge < -0.3 is 15.2 Å². The van der Waals surface area contributed by atoms with E-state index in [2.05, 4.69) is 4.99 Å². The number of nitrogens with zero attached hydrogens (tertiary/aromatic N) is 1. The van der Waals surface area contributed by atoms with Crippen LogP contribution in [-0.2, 0) is 4.79 Å². The Hall–Kier alpha value is -2.82. The smallest absolute Gasteiger partial charge is 0.246 e. The second-order valence-corrected chi connectivity index (χ2v) is 4.84. The number of methoxy groups -OCH3 is 1. The Labute approximate surface area is 135 Å². The van der Waals surface area contributed by atoms with Gasteiger partial charge >= 0.3 is 0 Å². The summed E-state index contributed by atoms with van der Waals surface area (Å²) in [4.78, 5) is 16.0. The molecule has 5 nitrogen and oxygen atoms in total. The highest BCUT2D eigenvalue weighted by Crippen LogP contribution is 2.27. The van der Waals surface area contributed by atoms with Crippen LogP contribution in [-0.4, -0.2) is 25.8 Å². The zero-order valence-corrected chi connectivity index (χ0v) is 13.2. The molecule has 0 saturated carbocycles. The zero-order valence-electron chi connectivity index (χ0n) is 13.2. The Morgan fingerprint density at radius 1 is 1.22 bits per heavy atom. The standard InChI is InChI=1S/C18H20N2O3/c1-3-23-16-11-13(9-10-15(16)22-2)12-20-17(18(19)21)14-7-5-4-6-8-14/h4-12,17H,3H2,1-2H3,(H2,19,21)/b20-12+. The monoisotopic (exact) mass is 312 g/mol. The van der Waals surface area contributed by atoms with Gasteiger partial charge in [0.25, 0.3) is 0 Å². The summed E-state index contributed by atoms with van der Waals surface area (Å²) in [6, 6.07) is 14.0. The summed E-state index contributed by atoms with van der Waals surface area (Å²) in [7, 11) is 1.59. The number of benzene rings is 2. The van der Waals surface area contributed by atoms with Crippen molar-refractivity contribution in [3.05, 3.63) is 59.7 Å². The molecule has 0 fully saturated rings. The molecule has 0 radical (unpaired) electrons. The quantitative estimate of drug-likeness (QED) is 0.799. The van der Waals surface area contributed by atoms with Crippen molar-refractivity contribution in [1.29, 1.82) is 0 Å². The Morgan fingerprint density at radius 3 is 2.57 bits per heavy atom. The SMILES string of the molecule is CCOc1cc(/C=N/C(C(N)=O)c2ccccc2)ccc1OC. The first-order valence-corrected chi connectivity index (χ1v) is 7.34. The number of amides is 1. The van der Waals surface area contributed by atoms with Crippen LogP contribution in [0.25, 0.3) is 0 Å².